The van der Waals surface area contributed by atoms with Gasteiger partial charge in [0.15, 0.2) is 0 Å². The van der Waals surface area contributed by atoms with Crippen molar-refractivity contribution in [3.8, 4) is 0 Å². The van der Waals surface area contributed by atoms with Gasteiger partial charge in [-0.05, 0) is 80.5 Å². The van der Waals surface area contributed by atoms with Crippen LogP contribution in [0.1, 0.15) is 54.4 Å². The van der Waals surface area contributed by atoms with Crippen LogP contribution < -0.4 is 5.32 Å². The van der Waals surface area contributed by atoms with Crippen molar-refractivity contribution >= 4 is 33.4 Å². The molecule has 2 aromatic rings. The molecule has 2 fully saturated rings. The Morgan fingerprint density at radius 1 is 1.03 bits per heavy atom. The van der Waals surface area contributed by atoms with E-state index in [1.54, 1.807) is 29.2 Å². The minimum absolute atomic E-state index is 0.0134. The van der Waals surface area contributed by atoms with E-state index in [1.165, 1.54) is 28.6 Å². The minimum Gasteiger partial charge on any atom is -0.394 e. The zero-order valence-corrected chi connectivity index (χ0v) is 21.7. The number of nitrogens with one attached hydrogen (secondary N) is 1. The molecule has 10 heteroatoms. The average molecular weight is 534 g/mol. The lowest BCUT2D eigenvalue weighted by Crippen LogP contribution is -2.48. The maximum atomic E-state index is 13.7. The van der Waals surface area contributed by atoms with Gasteiger partial charge in [0.25, 0.3) is 5.91 Å². The first-order valence-electron chi connectivity index (χ1n) is 12.4. The van der Waals surface area contributed by atoms with E-state index >= 15 is 0 Å². The number of carbonyl (C=O) groups excluding carboxylic acids is 2. The number of aliphatic hydroxyl groups is 1. The molecule has 2 saturated heterocycles. The van der Waals surface area contributed by atoms with Crippen molar-refractivity contribution in [1.29, 1.82) is 0 Å². The molecule has 0 aromatic heterocycles. The summed E-state index contributed by atoms with van der Waals surface area (Å²) in [7, 11) is -4.01. The Hall–Kier alpha value is -2.46. The predicted octanol–water partition coefficient (Wildman–Crippen LogP) is 3.19. The summed E-state index contributed by atoms with van der Waals surface area (Å²) in [5.41, 5.74) is 1.15. The molecular formula is C26H32ClN3O5S. The van der Waals surface area contributed by atoms with Crippen molar-refractivity contribution in [2.75, 3.05) is 19.7 Å². The molecule has 0 radical (unpaired) electrons. The number of amides is 2. The molecule has 2 aliphatic rings. The highest BCUT2D eigenvalue weighted by atomic mass is 35.5. The summed E-state index contributed by atoms with van der Waals surface area (Å²) in [6.45, 7) is 1.05. The lowest BCUT2D eigenvalue weighted by atomic mass is 10.0. The second-order valence-corrected chi connectivity index (χ2v) is 11.7. The monoisotopic (exact) mass is 533 g/mol. The van der Waals surface area contributed by atoms with Crippen LogP contribution in [0.4, 0.5) is 0 Å². The number of halogens is 1. The average Bonchev–Trinajstić information content (AvgIpc) is 3.11. The minimum atomic E-state index is -4.01. The van der Waals surface area contributed by atoms with Gasteiger partial charge < -0.3 is 15.3 Å². The van der Waals surface area contributed by atoms with Crippen LogP contribution in [0.15, 0.2) is 53.4 Å². The van der Waals surface area contributed by atoms with Gasteiger partial charge in [-0.15, -0.1) is 0 Å². The van der Waals surface area contributed by atoms with E-state index in [-0.39, 0.29) is 35.9 Å². The highest BCUT2D eigenvalue weighted by Gasteiger charge is 2.36. The van der Waals surface area contributed by atoms with Gasteiger partial charge in [-0.3, -0.25) is 9.59 Å². The van der Waals surface area contributed by atoms with Crippen molar-refractivity contribution in [3.63, 3.8) is 0 Å². The first kappa shape index (κ1) is 26.6. The third kappa shape index (κ3) is 5.91. The smallest absolute Gasteiger partial charge is 0.254 e. The Balaban J connectivity index is 1.60. The van der Waals surface area contributed by atoms with Crippen molar-refractivity contribution in [1.82, 2.24) is 14.5 Å². The van der Waals surface area contributed by atoms with Gasteiger partial charge in [0.05, 0.1) is 17.5 Å². The van der Waals surface area contributed by atoms with E-state index in [0.29, 0.717) is 35.7 Å². The molecular weight excluding hydrogens is 502 g/mol. The maximum Gasteiger partial charge on any atom is 0.254 e. The summed E-state index contributed by atoms with van der Waals surface area (Å²) in [5.74, 6) is -0.453. The molecule has 0 spiro atoms. The lowest BCUT2D eigenvalue weighted by Gasteiger charge is -2.34. The molecule has 36 heavy (non-hydrogen) atoms. The molecule has 8 nitrogen and oxygen atoms in total. The molecule has 2 aromatic carbocycles. The summed E-state index contributed by atoms with van der Waals surface area (Å²) in [5, 5.41) is 12.9. The second-order valence-electron chi connectivity index (χ2n) is 9.33. The Morgan fingerprint density at radius 3 is 2.42 bits per heavy atom. The van der Waals surface area contributed by atoms with Gasteiger partial charge in [0, 0.05) is 30.2 Å². The molecule has 1 unspecified atom stereocenters. The molecule has 2 N–H and O–H groups in total. The van der Waals surface area contributed by atoms with Crippen LogP contribution in [0.25, 0.3) is 0 Å². The fraction of sp³-hybridized carbons (Fsp3) is 0.462. The molecule has 2 amide bonds. The van der Waals surface area contributed by atoms with Crippen LogP contribution in [-0.2, 0) is 21.4 Å². The molecule has 4 rings (SSSR count). The Morgan fingerprint density at radius 2 is 1.72 bits per heavy atom. The molecule has 0 aliphatic carbocycles. The number of rotatable bonds is 7. The third-order valence-electron chi connectivity index (χ3n) is 6.91. The van der Waals surface area contributed by atoms with Gasteiger partial charge in [0.2, 0.25) is 15.9 Å². The molecule has 2 heterocycles. The zero-order chi connectivity index (χ0) is 25.7. The number of hydrogen-bond donors (Lipinski definition) is 2. The van der Waals surface area contributed by atoms with Crippen LogP contribution >= 0.6 is 11.6 Å². The van der Waals surface area contributed by atoms with Gasteiger partial charge in [-0.25, -0.2) is 8.42 Å². The molecule has 194 valence electrons. The van der Waals surface area contributed by atoms with Crippen molar-refractivity contribution in [2.45, 2.75) is 62.0 Å². The van der Waals surface area contributed by atoms with Crippen LogP contribution in [0.3, 0.4) is 0 Å². The zero-order valence-electron chi connectivity index (χ0n) is 20.1. The Labute approximate surface area is 217 Å². The van der Waals surface area contributed by atoms with Crippen LogP contribution in [0.2, 0.25) is 5.02 Å². The number of sulfonamides is 1. The Bertz CT molecular complexity index is 1170. The van der Waals surface area contributed by atoms with E-state index in [0.717, 1.165) is 32.1 Å². The highest BCUT2D eigenvalue weighted by Crippen LogP contribution is 2.26. The number of likely N-dealkylation sites (tertiary alicyclic amines) is 1. The highest BCUT2D eigenvalue weighted by molar-refractivity contribution is 7.89. The lowest BCUT2D eigenvalue weighted by molar-refractivity contribution is -0.124. The van der Waals surface area contributed by atoms with Crippen molar-refractivity contribution < 1.29 is 23.1 Å². The summed E-state index contributed by atoms with van der Waals surface area (Å²) in [6, 6.07) is 11.7. The number of benzene rings is 2. The largest absolute Gasteiger partial charge is 0.394 e. The quantitative estimate of drug-likeness (QED) is 0.568. The number of hydrogen-bond acceptors (Lipinski definition) is 5. The predicted molar refractivity (Wildman–Crippen MR) is 137 cm³/mol. The van der Waals surface area contributed by atoms with Gasteiger partial charge >= 0.3 is 0 Å². The summed E-state index contributed by atoms with van der Waals surface area (Å²) >= 11 is 5.96. The number of nitrogens with zero attached hydrogens (tertiary/aromatic N) is 2. The van der Waals surface area contributed by atoms with Crippen molar-refractivity contribution in [2.24, 2.45) is 0 Å². The topological polar surface area (TPSA) is 107 Å². The van der Waals surface area contributed by atoms with Gasteiger partial charge in [-0.1, -0.05) is 23.7 Å². The fourth-order valence-electron chi connectivity index (χ4n) is 4.86. The summed E-state index contributed by atoms with van der Waals surface area (Å²) in [4.78, 5) is 27.7. The van der Waals surface area contributed by atoms with Crippen LogP contribution in [0.5, 0.6) is 0 Å². The molecule has 0 saturated carbocycles. The third-order valence-corrected chi connectivity index (χ3v) is 9.03. The van der Waals surface area contributed by atoms with Crippen LogP contribution in [-0.4, -0.2) is 66.3 Å². The number of carbonyl (C=O) groups is 2. The van der Waals surface area contributed by atoms with E-state index < -0.39 is 16.1 Å². The molecule has 2 atom stereocenters. The fourth-order valence-corrected chi connectivity index (χ4v) is 6.59. The number of piperidine rings is 1. The SMILES string of the molecule is O=C1NCCCC[C@H]1N(Cc1ccc(C(=O)N2CCCCC2CO)cc1)S(=O)(=O)c1ccc(Cl)cc1. The summed E-state index contributed by atoms with van der Waals surface area (Å²) in [6.07, 6.45) is 4.61. The molecule has 0 bridgehead atoms. The van der Waals surface area contributed by atoms with E-state index in [2.05, 4.69) is 5.32 Å². The maximum absolute atomic E-state index is 13.7. The Kier molecular flexibility index (Phi) is 8.66. The first-order valence-corrected chi connectivity index (χ1v) is 14.2. The van der Waals surface area contributed by atoms with Crippen molar-refractivity contribution in [3.05, 3.63) is 64.7 Å². The molecule has 2 aliphatic heterocycles. The standard InChI is InChI=1S/C26H32ClN3O5S/c27-21-11-13-23(14-12-21)36(34,35)30(24-6-1-3-15-28-25(24)32)17-19-7-9-20(10-8-19)26(33)29-16-4-2-5-22(29)18-31/h7-14,22,24,31H,1-6,15-18H2,(H,28,32)/t22?,24-/m1/s1. The van der Waals surface area contributed by atoms with Gasteiger partial charge in [-0.2, -0.15) is 4.31 Å². The van der Waals surface area contributed by atoms with E-state index in [4.69, 9.17) is 11.6 Å². The van der Waals surface area contributed by atoms with E-state index in [9.17, 15) is 23.1 Å². The normalized spacial score (nSPS) is 21.2. The summed E-state index contributed by atoms with van der Waals surface area (Å²) < 4.78 is 28.6. The second kappa shape index (κ2) is 11.7. The van der Waals surface area contributed by atoms with Crippen LogP contribution in [0, 0.1) is 0 Å². The van der Waals surface area contributed by atoms with E-state index in [1.807, 2.05) is 0 Å². The van der Waals surface area contributed by atoms with Gasteiger partial charge in [0.1, 0.15) is 6.04 Å². The number of aliphatic hydroxyl groups excluding tert-OH is 1. The first-order chi connectivity index (χ1) is 17.3.